The lowest BCUT2D eigenvalue weighted by Gasteiger charge is -2.08. The van der Waals surface area contributed by atoms with Crippen molar-refractivity contribution in [1.82, 2.24) is 9.97 Å². The van der Waals surface area contributed by atoms with Gasteiger partial charge in [-0.15, -0.1) is 0 Å². The van der Waals surface area contributed by atoms with Crippen LogP contribution in [0.1, 0.15) is 10.5 Å². The Kier molecular flexibility index (Phi) is 3.41. The highest BCUT2D eigenvalue weighted by Gasteiger charge is 2.14. The first kappa shape index (κ1) is 13.3. The van der Waals surface area contributed by atoms with Gasteiger partial charge in [0.05, 0.1) is 16.2 Å². The zero-order valence-corrected chi connectivity index (χ0v) is 11.5. The largest absolute Gasteiger partial charge is 0.346 e. The molecule has 0 aliphatic heterocycles. The third-order valence-corrected chi connectivity index (χ3v) is 3.30. The number of halogens is 1. The smallest absolute Gasteiger partial charge is 0.319 e. The summed E-state index contributed by atoms with van der Waals surface area (Å²) in [4.78, 5) is 30.3. The van der Waals surface area contributed by atoms with Crippen LogP contribution in [0.3, 0.4) is 0 Å². The number of para-hydroxylation sites is 2. The maximum Gasteiger partial charge on any atom is 0.346 e. The van der Waals surface area contributed by atoms with Crippen LogP contribution in [-0.2, 0) is 0 Å². The van der Waals surface area contributed by atoms with E-state index in [2.05, 4.69) is 15.3 Å². The summed E-state index contributed by atoms with van der Waals surface area (Å²) in [6.45, 7) is 0. The molecule has 3 aromatic rings. The summed E-state index contributed by atoms with van der Waals surface area (Å²) in [6, 6.07) is 13.8. The van der Waals surface area contributed by atoms with Gasteiger partial charge >= 0.3 is 5.69 Å². The zero-order valence-electron chi connectivity index (χ0n) is 10.8. The number of aromatic amines is 1. The summed E-state index contributed by atoms with van der Waals surface area (Å²) in [5, 5.41) is 3.65. The number of nitrogens with one attached hydrogen (secondary N) is 2. The van der Waals surface area contributed by atoms with Crippen molar-refractivity contribution in [2.45, 2.75) is 0 Å². The molecule has 3 rings (SSSR count). The quantitative estimate of drug-likeness (QED) is 0.764. The second-order valence-corrected chi connectivity index (χ2v) is 4.78. The number of carbonyl (C=O) groups excluding carboxylic acids is 1. The molecular weight excluding hydrogens is 290 g/mol. The number of hydrogen-bond acceptors (Lipinski definition) is 3. The van der Waals surface area contributed by atoms with Crippen molar-refractivity contribution in [3.05, 3.63) is 69.7 Å². The fourth-order valence-electron chi connectivity index (χ4n) is 2.02. The van der Waals surface area contributed by atoms with E-state index < -0.39 is 11.6 Å². The van der Waals surface area contributed by atoms with E-state index in [9.17, 15) is 9.59 Å². The lowest BCUT2D eigenvalue weighted by molar-refractivity contribution is 0.102. The number of aromatic nitrogens is 2. The van der Waals surface area contributed by atoms with Crippen molar-refractivity contribution in [1.29, 1.82) is 0 Å². The fraction of sp³-hybridized carbons (Fsp3) is 0. The molecule has 1 amide bonds. The minimum atomic E-state index is -0.571. The van der Waals surface area contributed by atoms with Crippen molar-refractivity contribution in [2.24, 2.45) is 0 Å². The van der Waals surface area contributed by atoms with E-state index >= 15 is 0 Å². The number of anilines is 1. The van der Waals surface area contributed by atoms with E-state index in [0.29, 0.717) is 21.6 Å². The Labute approximate surface area is 124 Å². The van der Waals surface area contributed by atoms with Gasteiger partial charge in [-0.3, -0.25) is 4.79 Å². The van der Waals surface area contributed by atoms with Crippen molar-refractivity contribution in [2.75, 3.05) is 5.32 Å². The summed E-state index contributed by atoms with van der Waals surface area (Å²) in [5.41, 5.74) is 0.518. The van der Waals surface area contributed by atoms with Crippen LogP contribution in [0.5, 0.6) is 0 Å². The minimum Gasteiger partial charge on any atom is -0.319 e. The molecule has 104 valence electrons. The summed E-state index contributed by atoms with van der Waals surface area (Å²) >= 11 is 6.00. The fourth-order valence-corrected chi connectivity index (χ4v) is 2.20. The van der Waals surface area contributed by atoms with Crippen LogP contribution in [0.2, 0.25) is 5.02 Å². The van der Waals surface area contributed by atoms with Gasteiger partial charge in [0, 0.05) is 5.39 Å². The first-order valence-corrected chi connectivity index (χ1v) is 6.58. The van der Waals surface area contributed by atoms with Gasteiger partial charge in [-0.2, -0.15) is 4.98 Å². The Morgan fingerprint density at radius 2 is 1.81 bits per heavy atom. The Hall–Kier alpha value is -2.66. The van der Waals surface area contributed by atoms with Gasteiger partial charge in [-0.05, 0) is 18.2 Å². The van der Waals surface area contributed by atoms with Crippen molar-refractivity contribution < 1.29 is 4.79 Å². The van der Waals surface area contributed by atoms with E-state index in [1.807, 2.05) is 0 Å². The van der Waals surface area contributed by atoms with Gasteiger partial charge in [0.15, 0.2) is 0 Å². The highest BCUT2D eigenvalue weighted by atomic mass is 35.5. The zero-order chi connectivity index (χ0) is 14.8. The molecule has 1 heterocycles. The molecule has 2 aromatic carbocycles. The topological polar surface area (TPSA) is 74.8 Å². The number of amides is 1. The van der Waals surface area contributed by atoms with Crippen LogP contribution in [0.4, 0.5) is 5.69 Å². The molecular formula is C15H10ClN3O2. The molecule has 0 bridgehead atoms. The molecule has 0 atom stereocenters. The average Bonchev–Trinajstić information content (AvgIpc) is 2.48. The van der Waals surface area contributed by atoms with Gasteiger partial charge in [0.1, 0.15) is 5.69 Å². The molecule has 21 heavy (non-hydrogen) atoms. The van der Waals surface area contributed by atoms with Crippen LogP contribution >= 0.6 is 11.6 Å². The van der Waals surface area contributed by atoms with Crippen molar-refractivity contribution in [3.63, 3.8) is 0 Å². The number of H-pyrrole nitrogens is 1. The summed E-state index contributed by atoms with van der Waals surface area (Å²) < 4.78 is 0. The van der Waals surface area contributed by atoms with Gasteiger partial charge in [0.2, 0.25) is 0 Å². The maximum absolute atomic E-state index is 12.3. The van der Waals surface area contributed by atoms with E-state index in [4.69, 9.17) is 11.6 Å². The number of rotatable bonds is 2. The number of nitrogens with zero attached hydrogens (tertiary/aromatic N) is 1. The molecule has 2 N–H and O–H groups in total. The highest BCUT2D eigenvalue weighted by Crippen LogP contribution is 2.22. The lowest BCUT2D eigenvalue weighted by Crippen LogP contribution is -2.21. The Bertz CT molecular complexity index is 889. The van der Waals surface area contributed by atoms with E-state index in [0.717, 1.165) is 0 Å². The Morgan fingerprint density at radius 3 is 2.62 bits per heavy atom. The van der Waals surface area contributed by atoms with Crippen LogP contribution < -0.4 is 11.0 Å². The lowest BCUT2D eigenvalue weighted by atomic mass is 10.2. The minimum absolute atomic E-state index is 0.0641. The van der Waals surface area contributed by atoms with E-state index in [1.165, 1.54) is 0 Å². The Morgan fingerprint density at radius 1 is 1.10 bits per heavy atom. The molecule has 6 heteroatoms. The SMILES string of the molecule is O=C(Nc1ccccc1Cl)c1nc(=O)[nH]c2ccccc12. The second kappa shape index (κ2) is 5.38. The molecule has 0 saturated heterocycles. The average molecular weight is 300 g/mol. The first-order valence-electron chi connectivity index (χ1n) is 6.20. The predicted octanol–water partition coefficient (Wildman–Crippen LogP) is 2.83. The van der Waals surface area contributed by atoms with E-state index in [-0.39, 0.29) is 5.69 Å². The van der Waals surface area contributed by atoms with Gasteiger partial charge in [-0.25, -0.2) is 4.79 Å². The summed E-state index contributed by atoms with van der Waals surface area (Å²) in [5.74, 6) is -0.481. The van der Waals surface area contributed by atoms with Crippen molar-refractivity contribution >= 4 is 34.1 Å². The molecule has 0 radical (unpaired) electrons. The Balaban J connectivity index is 2.06. The summed E-state index contributed by atoms with van der Waals surface area (Å²) in [6.07, 6.45) is 0. The molecule has 0 fully saturated rings. The second-order valence-electron chi connectivity index (χ2n) is 4.37. The molecule has 0 aliphatic rings. The van der Waals surface area contributed by atoms with E-state index in [1.54, 1.807) is 48.5 Å². The highest BCUT2D eigenvalue weighted by molar-refractivity contribution is 6.34. The molecule has 0 spiro atoms. The molecule has 0 saturated carbocycles. The standard InChI is InChI=1S/C15H10ClN3O2/c16-10-6-2-4-8-12(10)17-14(20)13-9-5-1-3-7-11(9)18-15(21)19-13/h1-8H,(H,17,20)(H,18,19,21). The third-order valence-electron chi connectivity index (χ3n) is 2.97. The van der Waals surface area contributed by atoms with Crippen LogP contribution in [-0.4, -0.2) is 15.9 Å². The number of benzene rings is 2. The van der Waals surface area contributed by atoms with Gasteiger partial charge < -0.3 is 10.3 Å². The molecule has 5 nitrogen and oxygen atoms in total. The third kappa shape index (κ3) is 2.64. The predicted molar refractivity (Wildman–Crippen MR) is 81.8 cm³/mol. The van der Waals surface area contributed by atoms with Gasteiger partial charge in [-0.1, -0.05) is 41.9 Å². The first-order chi connectivity index (χ1) is 10.1. The van der Waals surface area contributed by atoms with Crippen molar-refractivity contribution in [3.8, 4) is 0 Å². The van der Waals surface area contributed by atoms with Crippen LogP contribution in [0, 0.1) is 0 Å². The summed E-state index contributed by atoms with van der Waals surface area (Å²) in [7, 11) is 0. The molecule has 1 aromatic heterocycles. The monoisotopic (exact) mass is 299 g/mol. The molecule has 0 unspecified atom stereocenters. The van der Waals surface area contributed by atoms with Crippen LogP contribution in [0.25, 0.3) is 10.9 Å². The van der Waals surface area contributed by atoms with Crippen LogP contribution in [0.15, 0.2) is 53.3 Å². The maximum atomic E-state index is 12.3. The number of fused-ring (bicyclic) bond motifs is 1. The number of carbonyl (C=O) groups is 1. The number of hydrogen-bond donors (Lipinski definition) is 2. The van der Waals surface area contributed by atoms with Gasteiger partial charge in [0.25, 0.3) is 5.91 Å². The normalized spacial score (nSPS) is 10.5. The molecule has 0 aliphatic carbocycles.